The van der Waals surface area contributed by atoms with Crippen molar-refractivity contribution in [1.82, 2.24) is 0 Å². The van der Waals surface area contributed by atoms with E-state index in [1.54, 1.807) is 24.3 Å². The van der Waals surface area contributed by atoms with E-state index >= 15 is 0 Å². The topological polar surface area (TPSA) is 78.6 Å². The van der Waals surface area contributed by atoms with Crippen molar-refractivity contribution in [1.29, 1.82) is 0 Å². The van der Waals surface area contributed by atoms with Gasteiger partial charge in [0.05, 0.1) is 24.7 Å². The third-order valence-electron chi connectivity index (χ3n) is 4.65. The van der Waals surface area contributed by atoms with E-state index in [0.717, 1.165) is 11.1 Å². The summed E-state index contributed by atoms with van der Waals surface area (Å²) in [5.41, 5.74) is 7.52. The van der Waals surface area contributed by atoms with Crippen molar-refractivity contribution >= 4 is 10.1 Å². The van der Waals surface area contributed by atoms with Crippen LogP contribution in [-0.4, -0.2) is 27.7 Å². The lowest BCUT2D eigenvalue weighted by atomic mass is 9.89. The Balaban J connectivity index is 1.64. The van der Waals surface area contributed by atoms with Crippen molar-refractivity contribution in [2.45, 2.75) is 30.9 Å². The molecular weight excluding hydrogens is 362 g/mol. The van der Waals surface area contributed by atoms with Crippen LogP contribution in [0.15, 0.2) is 71.6 Å². The standard InChI is InChI=1S/C21H25NO4S/c1-17-7-9-20(10-8-17)27(23,24)26-16-21(12-11-19(22)13-21)15-25-14-18-5-3-2-4-6-18/h2-12,19H,13-16,22H2,1H3/t19-,21-/m0/s1. The monoisotopic (exact) mass is 387 g/mol. The van der Waals surface area contributed by atoms with Crippen LogP contribution in [0.5, 0.6) is 0 Å². The molecule has 2 atom stereocenters. The summed E-state index contributed by atoms with van der Waals surface area (Å²) in [5.74, 6) is 0. The fraction of sp³-hybridized carbons (Fsp3) is 0.333. The van der Waals surface area contributed by atoms with Crippen molar-refractivity contribution in [2.24, 2.45) is 11.1 Å². The van der Waals surface area contributed by atoms with Gasteiger partial charge in [0.2, 0.25) is 0 Å². The minimum absolute atomic E-state index is 0.00218. The Labute approximate surface area is 160 Å². The molecule has 1 aliphatic carbocycles. The molecule has 0 aliphatic heterocycles. The van der Waals surface area contributed by atoms with Gasteiger partial charge in [0.1, 0.15) is 0 Å². The fourth-order valence-corrected chi connectivity index (χ4v) is 4.10. The smallest absolute Gasteiger partial charge is 0.297 e. The molecule has 0 amide bonds. The molecule has 0 bridgehead atoms. The summed E-state index contributed by atoms with van der Waals surface area (Å²) in [6.07, 6.45) is 4.40. The summed E-state index contributed by atoms with van der Waals surface area (Å²) in [4.78, 5) is 0.153. The summed E-state index contributed by atoms with van der Waals surface area (Å²) in [7, 11) is -3.83. The van der Waals surface area contributed by atoms with Gasteiger partial charge in [-0.05, 0) is 31.0 Å². The first-order valence-electron chi connectivity index (χ1n) is 8.91. The maximum Gasteiger partial charge on any atom is 0.297 e. The average molecular weight is 388 g/mol. The first-order valence-corrected chi connectivity index (χ1v) is 10.3. The molecule has 0 radical (unpaired) electrons. The van der Waals surface area contributed by atoms with E-state index in [0.29, 0.717) is 19.6 Å². The molecule has 0 fully saturated rings. The second-order valence-electron chi connectivity index (χ2n) is 7.10. The van der Waals surface area contributed by atoms with Crippen LogP contribution in [0.25, 0.3) is 0 Å². The molecule has 0 spiro atoms. The highest BCUT2D eigenvalue weighted by Crippen LogP contribution is 2.33. The second kappa shape index (κ2) is 8.35. The highest BCUT2D eigenvalue weighted by molar-refractivity contribution is 7.86. The van der Waals surface area contributed by atoms with Crippen molar-refractivity contribution in [3.05, 3.63) is 77.9 Å². The van der Waals surface area contributed by atoms with Crippen LogP contribution in [0.4, 0.5) is 0 Å². The molecule has 2 aromatic rings. The van der Waals surface area contributed by atoms with Gasteiger partial charge in [-0.1, -0.05) is 60.2 Å². The molecular formula is C21H25NO4S. The summed E-state index contributed by atoms with van der Waals surface area (Å²) < 4.78 is 36.2. The zero-order valence-corrected chi connectivity index (χ0v) is 16.2. The van der Waals surface area contributed by atoms with Crippen LogP contribution in [0.3, 0.4) is 0 Å². The molecule has 144 valence electrons. The molecule has 6 heteroatoms. The van der Waals surface area contributed by atoms with Gasteiger partial charge >= 0.3 is 0 Å². The van der Waals surface area contributed by atoms with E-state index in [1.807, 2.05) is 49.4 Å². The third kappa shape index (κ3) is 5.26. The quantitative estimate of drug-likeness (QED) is 0.556. The molecule has 27 heavy (non-hydrogen) atoms. The summed E-state index contributed by atoms with van der Waals surface area (Å²) in [6, 6.07) is 16.3. The summed E-state index contributed by atoms with van der Waals surface area (Å²) in [6.45, 7) is 2.70. The van der Waals surface area contributed by atoms with Gasteiger partial charge < -0.3 is 10.5 Å². The maximum atomic E-state index is 12.5. The van der Waals surface area contributed by atoms with Gasteiger partial charge in [0, 0.05) is 11.5 Å². The van der Waals surface area contributed by atoms with Crippen LogP contribution >= 0.6 is 0 Å². The maximum absolute atomic E-state index is 12.5. The lowest BCUT2D eigenvalue weighted by molar-refractivity contribution is 0.0316. The Morgan fingerprint density at radius 1 is 1.07 bits per heavy atom. The van der Waals surface area contributed by atoms with Gasteiger partial charge in [0.25, 0.3) is 10.1 Å². The number of aryl methyl sites for hydroxylation is 1. The van der Waals surface area contributed by atoms with Crippen LogP contribution in [0, 0.1) is 12.3 Å². The lowest BCUT2D eigenvalue weighted by Gasteiger charge is -2.27. The van der Waals surface area contributed by atoms with Gasteiger partial charge in [-0.25, -0.2) is 0 Å². The molecule has 0 saturated carbocycles. The Bertz CT molecular complexity index is 878. The first kappa shape index (κ1) is 19.8. The predicted molar refractivity (Wildman–Crippen MR) is 105 cm³/mol. The normalized spacial score (nSPS) is 22.2. The Morgan fingerprint density at radius 3 is 2.41 bits per heavy atom. The number of hydrogen-bond donors (Lipinski definition) is 1. The van der Waals surface area contributed by atoms with E-state index < -0.39 is 15.5 Å². The molecule has 5 nitrogen and oxygen atoms in total. The summed E-state index contributed by atoms with van der Waals surface area (Å²) >= 11 is 0. The molecule has 1 aliphatic rings. The number of hydrogen-bond acceptors (Lipinski definition) is 5. The van der Waals surface area contributed by atoms with E-state index in [2.05, 4.69) is 0 Å². The van der Waals surface area contributed by atoms with Crippen LogP contribution in [0.2, 0.25) is 0 Å². The van der Waals surface area contributed by atoms with Crippen LogP contribution in [-0.2, 0) is 25.6 Å². The van der Waals surface area contributed by atoms with E-state index in [9.17, 15) is 8.42 Å². The van der Waals surface area contributed by atoms with Gasteiger partial charge in [-0.3, -0.25) is 4.18 Å². The molecule has 3 rings (SSSR count). The molecule has 2 aromatic carbocycles. The SMILES string of the molecule is Cc1ccc(S(=O)(=O)OC[C@@]2(COCc3ccccc3)C=C[C@H](N)C2)cc1. The van der Waals surface area contributed by atoms with E-state index in [-0.39, 0.29) is 17.5 Å². The van der Waals surface area contributed by atoms with E-state index in [4.69, 9.17) is 14.7 Å². The lowest BCUT2D eigenvalue weighted by Crippen LogP contribution is -2.33. The molecule has 0 unspecified atom stereocenters. The largest absolute Gasteiger partial charge is 0.376 e. The highest BCUT2D eigenvalue weighted by atomic mass is 32.2. The van der Waals surface area contributed by atoms with Gasteiger partial charge in [-0.15, -0.1) is 0 Å². The number of rotatable bonds is 8. The Kier molecular flexibility index (Phi) is 6.11. The Morgan fingerprint density at radius 2 is 1.78 bits per heavy atom. The molecule has 2 N–H and O–H groups in total. The minimum Gasteiger partial charge on any atom is -0.376 e. The molecule has 0 heterocycles. The van der Waals surface area contributed by atoms with Gasteiger partial charge in [-0.2, -0.15) is 8.42 Å². The van der Waals surface area contributed by atoms with Crippen LogP contribution in [0.1, 0.15) is 17.5 Å². The predicted octanol–water partition coefficient (Wildman–Crippen LogP) is 3.19. The number of ether oxygens (including phenoxy) is 1. The van der Waals surface area contributed by atoms with Crippen molar-refractivity contribution in [2.75, 3.05) is 13.2 Å². The van der Waals surface area contributed by atoms with Crippen molar-refractivity contribution < 1.29 is 17.3 Å². The van der Waals surface area contributed by atoms with Crippen LogP contribution < -0.4 is 5.73 Å². The molecule has 0 aromatic heterocycles. The summed E-state index contributed by atoms with van der Waals surface area (Å²) in [5, 5.41) is 0. The van der Waals surface area contributed by atoms with Gasteiger partial charge in [0.15, 0.2) is 0 Å². The Hall–Kier alpha value is -1.99. The zero-order chi connectivity index (χ0) is 19.3. The first-order chi connectivity index (χ1) is 12.9. The van der Waals surface area contributed by atoms with E-state index in [1.165, 1.54) is 0 Å². The minimum atomic E-state index is -3.83. The average Bonchev–Trinajstić information content (AvgIpc) is 3.03. The van der Waals surface area contributed by atoms with Crippen molar-refractivity contribution in [3.8, 4) is 0 Å². The second-order valence-corrected chi connectivity index (χ2v) is 8.71. The van der Waals surface area contributed by atoms with Crippen molar-refractivity contribution in [3.63, 3.8) is 0 Å². The highest BCUT2D eigenvalue weighted by Gasteiger charge is 2.36. The third-order valence-corrected chi connectivity index (χ3v) is 5.93. The number of benzene rings is 2. The molecule has 0 saturated heterocycles. The number of nitrogens with two attached hydrogens (primary N) is 1. The fourth-order valence-electron chi connectivity index (χ4n) is 3.10. The zero-order valence-electron chi connectivity index (χ0n) is 15.4.